The predicted octanol–water partition coefficient (Wildman–Crippen LogP) is 0.946. The monoisotopic (exact) mass is 209 g/mol. The molecule has 4 nitrogen and oxygen atoms in total. The first-order valence-electron chi connectivity index (χ1n) is 4.72. The molecule has 0 aromatic heterocycles. The van der Waals surface area contributed by atoms with Gasteiger partial charge in [-0.15, -0.1) is 0 Å². The van der Waals surface area contributed by atoms with E-state index in [1.165, 1.54) is 6.07 Å². The van der Waals surface area contributed by atoms with Crippen LogP contribution in [0.3, 0.4) is 0 Å². The second kappa shape index (κ2) is 4.91. The highest BCUT2D eigenvalue weighted by molar-refractivity contribution is 5.89. The van der Waals surface area contributed by atoms with Crippen molar-refractivity contribution in [1.82, 2.24) is 5.32 Å². The van der Waals surface area contributed by atoms with Gasteiger partial charge in [-0.1, -0.05) is 12.1 Å². The fourth-order valence-corrected chi connectivity index (χ4v) is 1.39. The van der Waals surface area contributed by atoms with Gasteiger partial charge < -0.3 is 15.5 Å². The smallest absolute Gasteiger partial charge is 0.335 e. The van der Waals surface area contributed by atoms with E-state index in [0.717, 1.165) is 0 Å². The van der Waals surface area contributed by atoms with Crippen molar-refractivity contribution in [2.75, 3.05) is 13.6 Å². The summed E-state index contributed by atoms with van der Waals surface area (Å²) < 4.78 is 0. The molecule has 3 N–H and O–H groups in total. The molecule has 4 heteroatoms. The van der Waals surface area contributed by atoms with E-state index >= 15 is 0 Å². The molecule has 0 aliphatic heterocycles. The zero-order valence-corrected chi connectivity index (χ0v) is 8.82. The summed E-state index contributed by atoms with van der Waals surface area (Å²) in [5, 5.41) is 21.4. The SMILES string of the molecule is CNCC(O)c1ccc(C)c(C(=O)O)c1. The van der Waals surface area contributed by atoms with Crippen LogP contribution in [0.5, 0.6) is 0 Å². The molecule has 0 fully saturated rings. The molecule has 0 heterocycles. The van der Waals surface area contributed by atoms with Crippen molar-refractivity contribution in [2.45, 2.75) is 13.0 Å². The molecular weight excluding hydrogens is 194 g/mol. The van der Waals surface area contributed by atoms with Gasteiger partial charge in [-0.3, -0.25) is 0 Å². The van der Waals surface area contributed by atoms with Crippen LogP contribution in [-0.4, -0.2) is 29.8 Å². The van der Waals surface area contributed by atoms with Crippen LogP contribution in [0.2, 0.25) is 0 Å². The van der Waals surface area contributed by atoms with Crippen LogP contribution in [0.1, 0.15) is 27.6 Å². The lowest BCUT2D eigenvalue weighted by Crippen LogP contribution is -2.17. The highest BCUT2D eigenvalue weighted by Crippen LogP contribution is 2.17. The zero-order valence-electron chi connectivity index (χ0n) is 8.82. The summed E-state index contributed by atoms with van der Waals surface area (Å²) in [6.45, 7) is 2.14. The van der Waals surface area contributed by atoms with Crippen LogP contribution < -0.4 is 5.32 Å². The minimum absolute atomic E-state index is 0.239. The number of aryl methyl sites for hydroxylation is 1. The molecule has 1 aromatic rings. The molecule has 0 amide bonds. The molecule has 1 unspecified atom stereocenters. The van der Waals surface area contributed by atoms with Gasteiger partial charge in [-0.05, 0) is 31.2 Å². The normalized spacial score (nSPS) is 12.5. The number of carboxylic acid groups (broad SMARTS) is 1. The maximum Gasteiger partial charge on any atom is 0.335 e. The summed E-state index contributed by atoms with van der Waals surface area (Å²) in [5.74, 6) is -0.967. The zero-order chi connectivity index (χ0) is 11.4. The Morgan fingerprint density at radius 1 is 1.53 bits per heavy atom. The molecule has 1 atom stereocenters. The average Bonchev–Trinajstić information content (AvgIpc) is 2.18. The van der Waals surface area contributed by atoms with E-state index in [2.05, 4.69) is 5.32 Å². The predicted molar refractivity (Wildman–Crippen MR) is 57.0 cm³/mol. The largest absolute Gasteiger partial charge is 0.478 e. The van der Waals surface area contributed by atoms with Crippen LogP contribution in [0.15, 0.2) is 18.2 Å². The summed E-state index contributed by atoms with van der Waals surface area (Å²) in [6, 6.07) is 4.96. The van der Waals surface area contributed by atoms with Gasteiger partial charge in [0.2, 0.25) is 0 Å². The van der Waals surface area contributed by atoms with E-state index in [0.29, 0.717) is 17.7 Å². The van der Waals surface area contributed by atoms with Crippen molar-refractivity contribution in [3.63, 3.8) is 0 Å². The molecule has 0 aliphatic rings. The first-order valence-corrected chi connectivity index (χ1v) is 4.72. The van der Waals surface area contributed by atoms with E-state index in [4.69, 9.17) is 5.11 Å². The van der Waals surface area contributed by atoms with E-state index in [1.807, 2.05) is 0 Å². The van der Waals surface area contributed by atoms with Crippen LogP contribution >= 0.6 is 0 Å². The van der Waals surface area contributed by atoms with Gasteiger partial charge in [0.15, 0.2) is 0 Å². The number of carboxylic acids is 1. The summed E-state index contributed by atoms with van der Waals surface area (Å²) in [6.07, 6.45) is -0.673. The fraction of sp³-hybridized carbons (Fsp3) is 0.364. The molecule has 1 rings (SSSR count). The Hall–Kier alpha value is -1.39. The third-order valence-corrected chi connectivity index (χ3v) is 2.27. The number of nitrogens with one attached hydrogen (secondary N) is 1. The van der Waals surface area contributed by atoms with Crippen molar-refractivity contribution < 1.29 is 15.0 Å². The minimum atomic E-state index is -0.967. The number of carbonyl (C=O) groups is 1. The Kier molecular flexibility index (Phi) is 3.82. The van der Waals surface area contributed by atoms with Crippen LogP contribution in [0.4, 0.5) is 0 Å². The summed E-state index contributed by atoms with van der Waals surface area (Å²) in [5.41, 5.74) is 1.55. The third-order valence-electron chi connectivity index (χ3n) is 2.27. The lowest BCUT2D eigenvalue weighted by molar-refractivity contribution is 0.0695. The molecule has 1 aromatic carbocycles. The van der Waals surface area contributed by atoms with Gasteiger partial charge in [0, 0.05) is 6.54 Å². The standard InChI is InChI=1S/C11H15NO3/c1-7-3-4-8(10(13)6-12-2)5-9(7)11(14)15/h3-5,10,12-13H,6H2,1-2H3,(H,14,15). The molecule has 0 radical (unpaired) electrons. The second-order valence-electron chi connectivity index (χ2n) is 3.45. The van der Waals surface area contributed by atoms with E-state index in [9.17, 15) is 9.90 Å². The Bertz CT molecular complexity index is 363. The van der Waals surface area contributed by atoms with Crippen molar-refractivity contribution in [3.8, 4) is 0 Å². The van der Waals surface area contributed by atoms with E-state index in [1.54, 1.807) is 26.1 Å². The first-order chi connectivity index (χ1) is 7.06. The molecule has 0 saturated heterocycles. The fourth-order valence-electron chi connectivity index (χ4n) is 1.39. The van der Waals surface area contributed by atoms with Gasteiger partial charge in [0.05, 0.1) is 11.7 Å². The Morgan fingerprint density at radius 3 is 2.73 bits per heavy atom. The minimum Gasteiger partial charge on any atom is -0.478 e. The third kappa shape index (κ3) is 2.78. The van der Waals surface area contributed by atoms with E-state index < -0.39 is 12.1 Å². The molecule has 15 heavy (non-hydrogen) atoms. The highest BCUT2D eigenvalue weighted by Gasteiger charge is 2.12. The van der Waals surface area contributed by atoms with Gasteiger partial charge in [-0.2, -0.15) is 0 Å². The van der Waals surface area contributed by atoms with Crippen molar-refractivity contribution in [3.05, 3.63) is 34.9 Å². The van der Waals surface area contributed by atoms with Crippen molar-refractivity contribution in [2.24, 2.45) is 0 Å². The molecule has 0 bridgehead atoms. The number of hydrogen-bond donors (Lipinski definition) is 3. The Morgan fingerprint density at radius 2 is 2.20 bits per heavy atom. The van der Waals surface area contributed by atoms with E-state index in [-0.39, 0.29) is 5.56 Å². The lowest BCUT2D eigenvalue weighted by atomic mass is 10.0. The van der Waals surface area contributed by atoms with Crippen molar-refractivity contribution >= 4 is 5.97 Å². The summed E-state index contributed by atoms with van der Waals surface area (Å²) in [4.78, 5) is 10.9. The van der Waals surface area contributed by atoms with Crippen LogP contribution in [-0.2, 0) is 0 Å². The van der Waals surface area contributed by atoms with Gasteiger partial charge in [-0.25, -0.2) is 4.79 Å². The average molecular weight is 209 g/mol. The number of rotatable bonds is 4. The lowest BCUT2D eigenvalue weighted by Gasteiger charge is -2.11. The number of hydrogen-bond acceptors (Lipinski definition) is 3. The topological polar surface area (TPSA) is 69.6 Å². The van der Waals surface area contributed by atoms with Crippen LogP contribution in [0.25, 0.3) is 0 Å². The highest BCUT2D eigenvalue weighted by atomic mass is 16.4. The maximum absolute atomic E-state index is 10.9. The number of aliphatic hydroxyl groups excluding tert-OH is 1. The number of aliphatic hydroxyl groups is 1. The molecule has 0 aliphatic carbocycles. The molecule has 0 saturated carbocycles. The van der Waals surface area contributed by atoms with Gasteiger partial charge in [0.25, 0.3) is 0 Å². The van der Waals surface area contributed by atoms with Gasteiger partial charge in [0.1, 0.15) is 0 Å². The Balaban J connectivity index is 3.02. The maximum atomic E-state index is 10.9. The molecule has 0 spiro atoms. The first kappa shape index (κ1) is 11.7. The number of likely N-dealkylation sites (N-methyl/N-ethyl adjacent to an activating group) is 1. The van der Waals surface area contributed by atoms with Gasteiger partial charge >= 0.3 is 5.97 Å². The summed E-state index contributed by atoms with van der Waals surface area (Å²) in [7, 11) is 1.73. The van der Waals surface area contributed by atoms with Crippen molar-refractivity contribution in [1.29, 1.82) is 0 Å². The Labute approximate surface area is 88.6 Å². The number of aromatic carboxylic acids is 1. The van der Waals surface area contributed by atoms with Crippen LogP contribution in [0, 0.1) is 6.92 Å². The second-order valence-corrected chi connectivity index (χ2v) is 3.45. The summed E-state index contributed by atoms with van der Waals surface area (Å²) >= 11 is 0. The number of benzene rings is 1. The molecule has 82 valence electrons. The quantitative estimate of drug-likeness (QED) is 0.690. The molecular formula is C11H15NO3.